The predicted octanol–water partition coefficient (Wildman–Crippen LogP) is 0.591. The molecule has 2 atom stereocenters. The largest absolute Gasteiger partial charge is 0.394 e. The number of nitrogens with zero attached hydrogens (tertiary/aromatic N) is 1. The molecule has 3 N–H and O–H groups in total. The van der Waals surface area contributed by atoms with E-state index in [0.29, 0.717) is 5.92 Å². The molecule has 4 nitrogen and oxygen atoms in total. The molecule has 0 radical (unpaired) electrons. The Morgan fingerprint density at radius 1 is 1.62 bits per heavy atom. The van der Waals surface area contributed by atoms with E-state index in [9.17, 15) is 4.79 Å². The Hall–Kier alpha value is -0.610. The first-order valence-corrected chi connectivity index (χ1v) is 5.92. The van der Waals surface area contributed by atoms with Crippen molar-refractivity contribution in [3.05, 3.63) is 0 Å². The van der Waals surface area contributed by atoms with E-state index >= 15 is 0 Å². The van der Waals surface area contributed by atoms with Crippen LogP contribution < -0.4 is 5.73 Å². The van der Waals surface area contributed by atoms with Gasteiger partial charge in [0.15, 0.2) is 0 Å². The lowest BCUT2D eigenvalue weighted by atomic mass is 9.78. The van der Waals surface area contributed by atoms with Gasteiger partial charge >= 0.3 is 0 Å². The molecule has 0 unspecified atom stereocenters. The molecule has 1 heterocycles. The molecule has 4 heteroatoms. The zero-order valence-electron chi connectivity index (χ0n) is 10.8. The van der Waals surface area contributed by atoms with Crippen molar-refractivity contribution < 1.29 is 9.90 Å². The maximum atomic E-state index is 12.0. The monoisotopic (exact) mass is 228 g/mol. The molecule has 94 valence electrons. The molecule has 0 spiro atoms. The van der Waals surface area contributed by atoms with Gasteiger partial charge in [-0.2, -0.15) is 0 Å². The van der Waals surface area contributed by atoms with Gasteiger partial charge in [0.05, 0.1) is 6.61 Å². The number of likely N-dealkylation sites (tertiary alicyclic amines) is 1. The van der Waals surface area contributed by atoms with Gasteiger partial charge in [0, 0.05) is 13.1 Å². The number of aliphatic hydroxyl groups excluding tert-OH is 1. The Bertz CT molecular complexity index is 276. The molecule has 1 aliphatic rings. The maximum absolute atomic E-state index is 12.0. The average Bonchev–Trinajstić information content (AvgIpc) is 2.61. The molecule has 0 aromatic heterocycles. The molecule has 0 aliphatic carbocycles. The average molecular weight is 228 g/mol. The Kier molecular flexibility index (Phi) is 3.65. The minimum absolute atomic E-state index is 0.139. The van der Waals surface area contributed by atoms with Crippen molar-refractivity contribution in [2.24, 2.45) is 17.1 Å². The summed E-state index contributed by atoms with van der Waals surface area (Å²) >= 11 is 0. The Morgan fingerprint density at radius 3 is 2.56 bits per heavy atom. The van der Waals surface area contributed by atoms with Crippen molar-refractivity contribution in [2.75, 3.05) is 19.7 Å². The summed E-state index contributed by atoms with van der Waals surface area (Å²) in [7, 11) is 0. The van der Waals surface area contributed by atoms with E-state index in [-0.39, 0.29) is 17.9 Å². The Morgan fingerprint density at radius 2 is 2.19 bits per heavy atom. The molecular weight excluding hydrogens is 204 g/mol. The van der Waals surface area contributed by atoms with Crippen LogP contribution in [0.4, 0.5) is 0 Å². The van der Waals surface area contributed by atoms with E-state index in [1.54, 1.807) is 11.8 Å². The van der Waals surface area contributed by atoms with Gasteiger partial charge in [0.25, 0.3) is 0 Å². The fraction of sp³-hybridized carbons (Fsp3) is 0.917. The highest BCUT2D eigenvalue weighted by molar-refractivity contribution is 5.86. The van der Waals surface area contributed by atoms with E-state index in [0.717, 1.165) is 19.5 Å². The van der Waals surface area contributed by atoms with E-state index < -0.39 is 5.54 Å². The molecule has 0 aromatic carbocycles. The van der Waals surface area contributed by atoms with Crippen LogP contribution in [0, 0.1) is 11.3 Å². The van der Waals surface area contributed by atoms with Gasteiger partial charge < -0.3 is 15.7 Å². The lowest BCUT2D eigenvalue weighted by Gasteiger charge is -2.31. The van der Waals surface area contributed by atoms with Gasteiger partial charge in [-0.05, 0) is 24.7 Å². The third-order valence-electron chi connectivity index (χ3n) is 4.00. The molecule has 16 heavy (non-hydrogen) atoms. The van der Waals surface area contributed by atoms with Crippen LogP contribution in [-0.2, 0) is 4.79 Å². The summed E-state index contributed by atoms with van der Waals surface area (Å²) < 4.78 is 0. The van der Waals surface area contributed by atoms with Gasteiger partial charge in [-0.3, -0.25) is 4.79 Å². The third-order valence-corrected chi connectivity index (χ3v) is 4.00. The first kappa shape index (κ1) is 13.5. The topological polar surface area (TPSA) is 66.6 Å². The van der Waals surface area contributed by atoms with Gasteiger partial charge in [-0.25, -0.2) is 0 Å². The number of amides is 1. The molecular formula is C12H24N2O2. The summed E-state index contributed by atoms with van der Waals surface area (Å²) in [5.74, 6) is 0.405. The summed E-state index contributed by atoms with van der Waals surface area (Å²) in [6.07, 6.45) is 1.01. The molecule has 0 bridgehead atoms. The predicted molar refractivity (Wildman–Crippen MR) is 63.8 cm³/mol. The van der Waals surface area contributed by atoms with Gasteiger partial charge in [-0.1, -0.05) is 20.8 Å². The molecule has 1 saturated heterocycles. The third kappa shape index (κ3) is 2.38. The fourth-order valence-corrected chi connectivity index (χ4v) is 2.06. The molecule has 0 saturated carbocycles. The second-order valence-corrected chi connectivity index (χ2v) is 5.86. The summed E-state index contributed by atoms with van der Waals surface area (Å²) in [5.41, 5.74) is 4.81. The van der Waals surface area contributed by atoms with Crippen molar-refractivity contribution in [1.82, 2.24) is 4.90 Å². The number of aliphatic hydroxyl groups is 1. The lowest BCUT2D eigenvalue weighted by Crippen LogP contribution is -2.55. The van der Waals surface area contributed by atoms with Crippen LogP contribution in [0.25, 0.3) is 0 Å². The molecule has 1 amide bonds. The normalized spacial score (nSPS) is 29.6. The van der Waals surface area contributed by atoms with Crippen molar-refractivity contribution >= 4 is 5.91 Å². The number of rotatable bonds is 3. The number of nitrogens with two attached hydrogens (primary N) is 1. The minimum Gasteiger partial charge on any atom is -0.394 e. The van der Waals surface area contributed by atoms with Crippen LogP contribution in [0.15, 0.2) is 0 Å². The minimum atomic E-state index is -1.14. The van der Waals surface area contributed by atoms with Gasteiger partial charge in [0.1, 0.15) is 5.54 Å². The van der Waals surface area contributed by atoms with Crippen LogP contribution in [0.3, 0.4) is 0 Å². The van der Waals surface area contributed by atoms with Crippen LogP contribution in [-0.4, -0.2) is 41.1 Å². The Balaban J connectivity index is 2.71. The smallest absolute Gasteiger partial charge is 0.244 e. The van der Waals surface area contributed by atoms with Crippen molar-refractivity contribution in [2.45, 2.75) is 39.7 Å². The summed E-state index contributed by atoms with van der Waals surface area (Å²) in [4.78, 5) is 13.8. The summed E-state index contributed by atoms with van der Waals surface area (Å²) in [6.45, 7) is 9.35. The van der Waals surface area contributed by atoms with E-state index in [2.05, 4.69) is 20.8 Å². The van der Waals surface area contributed by atoms with Gasteiger partial charge in [0.2, 0.25) is 5.91 Å². The fourth-order valence-electron chi connectivity index (χ4n) is 2.06. The summed E-state index contributed by atoms with van der Waals surface area (Å²) in [5, 5.41) is 9.09. The maximum Gasteiger partial charge on any atom is 0.244 e. The number of hydrogen-bond acceptors (Lipinski definition) is 3. The lowest BCUT2D eigenvalue weighted by molar-refractivity contribution is -0.137. The van der Waals surface area contributed by atoms with Crippen molar-refractivity contribution in [3.8, 4) is 0 Å². The van der Waals surface area contributed by atoms with E-state index in [1.807, 2.05) is 0 Å². The highest BCUT2D eigenvalue weighted by Crippen LogP contribution is 2.37. The Labute approximate surface area is 97.8 Å². The van der Waals surface area contributed by atoms with Crippen LogP contribution >= 0.6 is 0 Å². The molecule has 1 aliphatic heterocycles. The highest BCUT2D eigenvalue weighted by atomic mass is 16.3. The molecule has 0 aromatic rings. The number of hydrogen-bond donors (Lipinski definition) is 2. The number of carbonyl (C=O) groups excluding carboxylic acids is 1. The standard InChI is InChI=1S/C12H24N2O2/c1-9(2)11(3)5-6-14(7-11)10(16)12(4,13)8-15/h9,15H,5-8,13H2,1-4H3/t11-,12-/m0/s1. The first-order chi connectivity index (χ1) is 7.23. The number of carbonyl (C=O) groups is 1. The van der Waals surface area contributed by atoms with E-state index in [1.165, 1.54) is 0 Å². The van der Waals surface area contributed by atoms with Crippen LogP contribution in [0.5, 0.6) is 0 Å². The second kappa shape index (κ2) is 4.34. The van der Waals surface area contributed by atoms with Crippen molar-refractivity contribution in [3.63, 3.8) is 0 Å². The SMILES string of the molecule is CC(C)[C@@]1(C)CCN(C(=O)[C@@](C)(N)CO)C1. The molecule has 1 fully saturated rings. The van der Waals surface area contributed by atoms with E-state index in [4.69, 9.17) is 10.8 Å². The molecule has 1 rings (SSSR count). The van der Waals surface area contributed by atoms with Crippen LogP contribution in [0.1, 0.15) is 34.1 Å². The second-order valence-electron chi connectivity index (χ2n) is 5.86. The zero-order chi connectivity index (χ0) is 12.6. The quantitative estimate of drug-likeness (QED) is 0.743. The first-order valence-electron chi connectivity index (χ1n) is 5.92. The highest BCUT2D eigenvalue weighted by Gasteiger charge is 2.42. The zero-order valence-corrected chi connectivity index (χ0v) is 10.8. The summed E-state index contributed by atoms with van der Waals surface area (Å²) in [6, 6.07) is 0. The van der Waals surface area contributed by atoms with Crippen molar-refractivity contribution in [1.29, 1.82) is 0 Å². The van der Waals surface area contributed by atoms with Gasteiger partial charge in [-0.15, -0.1) is 0 Å². The van der Waals surface area contributed by atoms with Crippen LogP contribution in [0.2, 0.25) is 0 Å².